The number of benzene rings is 1. The van der Waals surface area contributed by atoms with E-state index in [0.717, 1.165) is 0 Å². The molecule has 4 heteroatoms. The molecule has 0 bridgehead atoms. The highest BCUT2D eigenvalue weighted by Crippen LogP contribution is 2.31. The van der Waals surface area contributed by atoms with Crippen molar-refractivity contribution in [3.05, 3.63) is 29.6 Å². The van der Waals surface area contributed by atoms with Crippen LogP contribution in [0, 0.1) is 11.2 Å². The Morgan fingerprint density at radius 1 is 1.32 bits per heavy atom. The Bertz CT molecular complexity index is 476. The molecule has 0 atom stereocenters. The Hall–Kier alpha value is -1.42. The van der Waals surface area contributed by atoms with E-state index in [2.05, 4.69) is 0 Å². The molecule has 0 radical (unpaired) electrons. The van der Waals surface area contributed by atoms with E-state index in [1.54, 1.807) is 6.07 Å². The van der Waals surface area contributed by atoms with Gasteiger partial charge in [0.1, 0.15) is 5.78 Å². The van der Waals surface area contributed by atoms with Gasteiger partial charge in [0.25, 0.3) is 0 Å². The first-order valence-electron chi connectivity index (χ1n) is 6.24. The van der Waals surface area contributed by atoms with Crippen molar-refractivity contribution >= 4 is 5.78 Å². The second kappa shape index (κ2) is 5.29. The van der Waals surface area contributed by atoms with Crippen LogP contribution in [0.5, 0.6) is 5.75 Å². The lowest BCUT2D eigenvalue weighted by molar-refractivity contribution is -0.129. The predicted octanol–water partition coefficient (Wildman–Crippen LogP) is 2.71. The van der Waals surface area contributed by atoms with Gasteiger partial charge in [-0.2, -0.15) is 0 Å². The van der Waals surface area contributed by atoms with Gasteiger partial charge in [-0.1, -0.05) is 19.9 Å². The number of nitrogens with two attached hydrogens (primary N) is 1. The van der Waals surface area contributed by atoms with Crippen LogP contribution in [0.25, 0.3) is 0 Å². The van der Waals surface area contributed by atoms with E-state index in [4.69, 9.17) is 10.5 Å². The highest BCUT2D eigenvalue weighted by molar-refractivity contribution is 5.87. The van der Waals surface area contributed by atoms with E-state index in [9.17, 15) is 9.18 Å². The molecular formula is C15H22FNO2. The molecule has 106 valence electrons. The average Bonchev–Trinajstić information content (AvgIpc) is 2.27. The quantitative estimate of drug-likeness (QED) is 0.892. The summed E-state index contributed by atoms with van der Waals surface area (Å²) >= 11 is 0. The van der Waals surface area contributed by atoms with Gasteiger partial charge in [0, 0.05) is 17.4 Å². The monoisotopic (exact) mass is 267 g/mol. The summed E-state index contributed by atoms with van der Waals surface area (Å²) < 4.78 is 18.4. The summed E-state index contributed by atoms with van der Waals surface area (Å²) in [7, 11) is 1.41. The summed E-state index contributed by atoms with van der Waals surface area (Å²) in [5.74, 6) is -0.295. The molecular weight excluding hydrogens is 245 g/mol. The van der Waals surface area contributed by atoms with Crippen LogP contribution in [0.4, 0.5) is 4.39 Å². The Kier molecular flexibility index (Phi) is 4.35. The number of carbonyl (C=O) groups excluding carboxylic acids is 1. The van der Waals surface area contributed by atoms with Gasteiger partial charge < -0.3 is 10.5 Å². The molecule has 3 nitrogen and oxygen atoms in total. The topological polar surface area (TPSA) is 52.3 Å². The van der Waals surface area contributed by atoms with Gasteiger partial charge in [0.05, 0.1) is 7.11 Å². The smallest absolute Gasteiger partial charge is 0.165 e. The second-order valence-corrected chi connectivity index (χ2v) is 5.92. The first kappa shape index (κ1) is 15.6. The van der Waals surface area contributed by atoms with E-state index in [-0.39, 0.29) is 18.0 Å². The van der Waals surface area contributed by atoms with E-state index in [0.29, 0.717) is 5.56 Å². The maximum atomic E-state index is 13.6. The number of carbonyl (C=O) groups is 1. The number of hydrogen-bond donors (Lipinski definition) is 1. The van der Waals surface area contributed by atoms with Gasteiger partial charge in [-0.25, -0.2) is 4.39 Å². The molecule has 2 N–H and O–H groups in total. The SMILES string of the molecule is COc1ccc(CC(=O)C(C)(C)C(C)(C)N)cc1F. The molecule has 19 heavy (non-hydrogen) atoms. The van der Waals surface area contributed by atoms with Gasteiger partial charge in [-0.3, -0.25) is 4.79 Å². The predicted molar refractivity (Wildman–Crippen MR) is 73.7 cm³/mol. The maximum absolute atomic E-state index is 13.6. The maximum Gasteiger partial charge on any atom is 0.165 e. The lowest BCUT2D eigenvalue weighted by Crippen LogP contribution is -2.52. The van der Waals surface area contributed by atoms with Crippen molar-refractivity contribution in [2.24, 2.45) is 11.1 Å². The second-order valence-electron chi connectivity index (χ2n) is 5.92. The van der Waals surface area contributed by atoms with Gasteiger partial charge >= 0.3 is 0 Å². The number of rotatable bonds is 5. The molecule has 0 unspecified atom stereocenters. The molecule has 1 aromatic rings. The Labute approximate surface area is 113 Å². The highest BCUT2D eigenvalue weighted by Gasteiger charge is 2.39. The zero-order valence-electron chi connectivity index (χ0n) is 12.2. The fraction of sp³-hybridized carbons (Fsp3) is 0.533. The number of Topliss-reactive ketones (excluding diaryl/α,β-unsaturated/α-hetero) is 1. The van der Waals surface area contributed by atoms with Crippen LogP contribution in [0.2, 0.25) is 0 Å². The van der Waals surface area contributed by atoms with Crippen LogP contribution in [0.3, 0.4) is 0 Å². The van der Waals surface area contributed by atoms with Crippen molar-refractivity contribution in [2.75, 3.05) is 7.11 Å². The van der Waals surface area contributed by atoms with Crippen molar-refractivity contribution < 1.29 is 13.9 Å². The third-order valence-corrected chi connectivity index (χ3v) is 3.89. The zero-order valence-corrected chi connectivity index (χ0v) is 12.2. The molecule has 0 amide bonds. The molecule has 0 fully saturated rings. The van der Waals surface area contributed by atoms with Gasteiger partial charge in [-0.15, -0.1) is 0 Å². The largest absolute Gasteiger partial charge is 0.494 e. The molecule has 0 saturated carbocycles. The Morgan fingerprint density at radius 3 is 2.32 bits per heavy atom. The minimum absolute atomic E-state index is 0.00966. The van der Waals surface area contributed by atoms with Crippen molar-refractivity contribution in [1.29, 1.82) is 0 Å². The van der Waals surface area contributed by atoms with E-state index in [1.165, 1.54) is 19.2 Å². The molecule has 0 heterocycles. The number of ketones is 1. The summed E-state index contributed by atoms with van der Waals surface area (Å²) in [5.41, 5.74) is 5.35. The van der Waals surface area contributed by atoms with Gasteiger partial charge in [0.15, 0.2) is 11.6 Å². The van der Waals surface area contributed by atoms with Crippen molar-refractivity contribution in [3.8, 4) is 5.75 Å². The lowest BCUT2D eigenvalue weighted by Gasteiger charge is -2.37. The first-order chi connectivity index (χ1) is 8.59. The van der Waals surface area contributed by atoms with E-state index >= 15 is 0 Å². The molecule has 0 saturated heterocycles. The number of ether oxygens (including phenoxy) is 1. The lowest BCUT2D eigenvalue weighted by atomic mass is 9.71. The average molecular weight is 267 g/mol. The fourth-order valence-electron chi connectivity index (χ4n) is 1.59. The third kappa shape index (κ3) is 3.32. The number of hydrogen-bond acceptors (Lipinski definition) is 3. The minimum Gasteiger partial charge on any atom is -0.494 e. The van der Waals surface area contributed by atoms with Crippen molar-refractivity contribution in [2.45, 2.75) is 39.7 Å². The molecule has 0 aliphatic heterocycles. The molecule has 1 aromatic carbocycles. The van der Waals surface area contributed by atoms with Gasteiger partial charge in [-0.05, 0) is 31.5 Å². The van der Waals surface area contributed by atoms with E-state index in [1.807, 2.05) is 27.7 Å². The van der Waals surface area contributed by atoms with Crippen LogP contribution >= 0.6 is 0 Å². The summed E-state index contributed by atoms with van der Waals surface area (Å²) in [6.07, 6.45) is 0.161. The normalized spacial score (nSPS) is 12.4. The van der Waals surface area contributed by atoms with Crippen LogP contribution in [0.15, 0.2) is 18.2 Å². The molecule has 0 aromatic heterocycles. The molecule has 0 aliphatic rings. The third-order valence-electron chi connectivity index (χ3n) is 3.89. The Balaban J connectivity index is 2.92. The van der Waals surface area contributed by atoms with Crippen molar-refractivity contribution in [3.63, 3.8) is 0 Å². The fourth-order valence-corrected chi connectivity index (χ4v) is 1.59. The molecule has 0 aliphatic carbocycles. The first-order valence-corrected chi connectivity index (χ1v) is 6.24. The van der Waals surface area contributed by atoms with E-state index < -0.39 is 16.8 Å². The number of halogens is 1. The summed E-state index contributed by atoms with van der Waals surface area (Å²) in [6.45, 7) is 7.27. The summed E-state index contributed by atoms with van der Waals surface area (Å²) in [6, 6.07) is 4.55. The van der Waals surface area contributed by atoms with Crippen LogP contribution in [-0.4, -0.2) is 18.4 Å². The highest BCUT2D eigenvalue weighted by atomic mass is 19.1. The van der Waals surface area contributed by atoms with Crippen molar-refractivity contribution in [1.82, 2.24) is 0 Å². The number of methoxy groups -OCH3 is 1. The minimum atomic E-state index is -0.677. The Morgan fingerprint density at radius 2 is 1.89 bits per heavy atom. The zero-order chi connectivity index (χ0) is 14.8. The summed E-state index contributed by atoms with van der Waals surface area (Å²) in [4.78, 5) is 12.3. The molecule has 1 rings (SSSR count). The van der Waals surface area contributed by atoms with Crippen LogP contribution < -0.4 is 10.5 Å². The van der Waals surface area contributed by atoms with Crippen LogP contribution in [-0.2, 0) is 11.2 Å². The van der Waals surface area contributed by atoms with Gasteiger partial charge in [0.2, 0.25) is 0 Å². The molecule has 0 spiro atoms. The standard InChI is InChI=1S/C15H22FNO2/c1-14(2,15(3,4)17)13(18)9-10-6-7-12(19-5)11(16)8-10/h6-8H,9,17H2,1-5H3. The van der Waals surface area contributed by atoms with Crippen LogP contribution in [0.1, 0.15) is 33.3 Å². The summed E-state index contributed by atoms with van der Waals surface area (Å²) in [5, 5.41) is 0.